The Labute approximate surface area is 186 Å². The lowest BCUT2D eigenvalue weighted by atomic mass is 9.80. The van der Waals surface area contributed by atoms with Gasteiger partial charge in [0.05, 0.1) is 6.61 Å². The first kappa shape index (κ1) is 25.5. The Hall–Kier alpha value is -1.76. The third-order valence-corrected chi connectivity index (χ3v) is 6.62. The zero-order chi connectivity index (χ0) is 23.4. The van der Waals surface area contributed by atoms with Crippen molar-refractivity contribution in [2.75, 3.05) is 13.2 Å². The van der Waals surface area contributed by atoms with Crippen LogP contribution in [0.4, 0.5) is 0 Å². The second-order valence-corrected chi connectivity index (χ2v) is 10.6. The summed E-state index contributed by atoms with van der Waals surface area (Å²) in [6.07, 6.45) is 4.42. The number of carbonyl (C=O) groups is 4. The average Bonchev–Trinajstić information content (AvgIpc) is 2.99. The number of rotatable bonds is 10. The summed E-state index contributed by atoms with van der Waals surface area (Å²) in [5.74, 6) is 0.244. The van der Waals surface area contributed by atoms with E-state index in [1.54, 1.807) is 0 Å². The van der Waals surface area contributed by atoms with Crippen molar-refractivity contribution < 1.29 is 23.9 Å². The molecule has 0 spiro atoms. The van der Waals surface area contributed by atoms with E-state index >= 15 is 0 Å². The maximum absolute atomic E-state index is 12.8. The first-order chi connectivity index (χ1) is 14.3. The molecule has 2 aliphatic rings. The van der Waals surface area contributed by atoms with Crippen LogP contribution in [0.5, 0.6) is 0 Å². The van der Waals surface area contributed by atoms with Crippen molar-refractivity contribution in [3.8, 4) is 0 Å². The van der Waals surface area contributed by atoms with Crippen molar-refractivity contribution in [2.45, 2.75) is 92.2 Å². The van der Waals surface area contributed by atoms with Gasteiger partial charge in [0.25, 0.3) is 0 Å². The highest BCUT2D eigenvalue weighted by Gasteiger charge is 2.35. The molecule has 1 heterocycles. The van der Waals surface area contributed by atoms with E-state index in [0.717, 1.165) is 25.7 Å². The van der Waals surface area contributed by atoms with Gasteiger partial charge in [0.15, 0.2) is 0 Å². The van der Waals surface area contributed by atoms with Crippen LogP contribution < -0.4 is 5.32 Å². The van der Waals surface area contributed by atoms with Crippen LogP contribution in [0, 0.1) is 23.2 Å². The van der Waals surface area contributed by atoms with Crippen LogP contribution in [0.15, 0.2) is 0 Å². The fraction of sp³-hybridized carbons (Fsp3) is 0.833. The molecule has 1 saturated heterocycles. The molecule has 0 unspecified atom stereocenters. The molecule has 1 N–H and O–H groups in total. The van der Waals surface area contributed by atoms with Gasteiger partial charge in [-0.2, -0.15) is 0 Å². The number of imide groups is 1. The molecule has 176 valence electrons. The fourth-order valence-electron chi connectivity index (χ4n) is 4.59. The Balaban J connectivity index is 1.75. The van der Waals surface area contributed by atoms with Crippen molar-refractivity contribution in [1.29, 1.82) is 0 Å². The van der Waals surface area contributed by atoms with Gasteiger partial charge in [-0.3, -0.25) is 24.1 Å². The van der Waals surface area contributed by atoms with E-state index in [-0.39, 0.29) is 41.3 Å². The minimum atomic E-state index is -0.806. The smallest absolute Gasteiger partial charge is 0.229 e. The minimum Gasteiger partial charge on any atom is -0.356 e. The van der Waals surface area contributed by atoms with Gasteiger partial charge < -0.3 is 10.1 Å². The van der Waals surface area contributed by atoms with E-state index in [4.69, 9.17) is 4.74 Å². The normalized spacial score (nSPS) is 22.9. The molecule has 3 amide bonds. The van der Waals surface area contributed by atoms with E-state index in [1.165, 1.54) is 4.90 Å². The van der Waals surface area contributed by atoms with E-state index in [0.29, 0.717) is 32.4 Å². The highest BCUT2D eigenvalue weighted by molar-refractivity contribution is 6.01. The Bertz CT molecular complexity index is 674. The number of likely N-dealkylation sites (tertiary alicyclic amines) is 1. The number of nitrogens with zero attached hydrogens (tertiary/aromatic N) is 1. The largest absolute Gasteiger partial charge is 0.356 e. The highest BCUT2D eigenvalue weighted by Crippen LogP contribution is 2.31. The quantitative estimate of drug-likeness (QED) is 0.418. The van der Waals surface area contributed by atoms with Crippen LogP contribution in [-0.4, -0.2) is 47.3 Å². The predicted octanol–water partition coefficient (Wildman–Crippen LogP) is 3.45. The van der Waals surface area contributed by atoms with E-state index in [2.05, 4.69) is 5.32 Å². The van der Waals surface area contributed by atoms with Crippen LogP contribution in [0.25, 0.3) is 0 Å². The van der Waals surface area contributed by atoms with Crippen molar-refractivity contribution in [3.63, 3.8) is 0 Å². The Morgan fingerprint density at radius 2 is 1.58 bits per heavy atom. The fourth-order valence-corrected chi connectivity index (χ4v) is 4.59. The van der Waals surface area contributed by atoms with Crippen molar-refractivity contribution in [2.24, 2.45) is 23.2 Å². The lowest BCUT2D eigenvalue weighted by Gasteiger charge is -2.34. The minimum absolute atomic E-state index is 0.0143. The number of ether oxygens (including phenoxy) is 1. The Morgan fingerprint density at radius 3 is 2.10 bits per heavy atom. The van der Waals surface area contributed by atoms with Gasteiger partial charge in [-0.1, -0.05) is 27.7 Å². The molecule has 1 aliphatic carbocycles. The number of amides is 3. The summed E-state index contributed by atoms with van der Waals surface area (Å²) in [6.45, 7) is 12.2. The van der Waals surface area contributed by atoms with Crippen LogP contribution >= 0.6 is 0 Å². The summed E-state index contributed by atoms with van der Waals surface area (Å²) in [4.78, 5) is 50.1. The maximum Gasteiger partial charge on any atom is 0.229 e. The van der Waals surface area contributed by atoms with Gasteiger partial charge in [0.1, 0.15) is 11.5 Å². The summed E-state index contributed by atoms with van der Waals surface area (Å²) in [5, 5.41) is 3.00. The SMILES string of the molecule is CC(C)C(=O)C(C)(C)CCOC(C)(C)NC(=O)C1CCC(CN2C(=O)CCC2=O)CC1. The maximum atomic E-state index is 12.8. The molecule has 0 aromatic carbocycles. The molecule has 7 heteroatoms. The number of ketones is 1. The van der Waals surface area contributed by atoms with E-state index in [1.807, 2.05) is 41.5 Å². The molecular weight excluding hydrogens is 396 g/mol. The molecule has 2 rings (SSSR count). The van der Waals surface area contributed by atoms with Crippen LogP contribution in [0.2, 0.25) is 0 Å². The summed E-state index contributed by atoms with van der Waals surface area (Å²) >= 11 is 0. The Kier molecular flexibility index (Phi) is 8.42. The average molecular weight is 437 g/mol. The molecular formula is C24H40N2O5. The molecule has 0 atom stereocenters. The van der Waals surface area contributed by atoms with Crippen LogP contribution in [0.1, 0.15) is 86.5 Å². The molecule has 2 fully saturated rings. The molecule has 31 heavy (non-hydrogen) atoms. The summed E-state index contributed by atoms with van der Waals surface area (Å²) < 4.78 is 5.92. The lowest BCUT2D eigenvalue weighted by Crippen LogP contribution is -2.49. The lowest BCUT2D eigenvalue weighted by molar-refractivity contribution is -0.141. The first-order valence-corrected chi connectivity index (χ1v) is 11.7. The van der Waals surface area contributed by atoms with Crippen molar-refractivity contribution >= 4 is 23.5 Å². The molecule has 0 aromatic rings. The second kappa shape index (κ2) is 10.2. The molecule has 0 radical (unpaired) electrons. The molecule has 0 aromatic heterocycles. The van der Waals surface area contributed by atoms with Crippen molar-refractivity contribution in [3.05, 3.63) is 0 Å². The zero-order valence-corrected chi connectivity index (χ0v) is 20.1. The standard InChI is InChI=1S/C24H40N2O5/c1-16(2)21(29)23(3,4)13-14-31-24(5,6)25-22(30)18-9-7-17(8-10-18)15-26-19(27)11-12-20(26)28/h16-18H,7-15H2,1-6H3,(H,25,30). The van der Waals surface area contributed by atoms with E-state index < -0.39 is 11.1 Å². The third kappa shape index (κ3) is 7.13. The van der Waals surface area contributed by atoms with Gasteiger partial charge in [-0.15, -0.1) is 0 Å². The first-order valence-electron chi connectivity index (χ1n) is 11.7. The summed E-state index contributed by atoms with van der Waals surface area (Å²) in [5.41, 5.74) is -1.26. The number of carbonyl (C=O) groups excluding carboxylic acids is 4. The summed E-state index contributed by atoms with van der Waals surface area (Å²) in [7, 11) is 0. The van der Waals surface area contributed by atoms with Gasteiger partial charge in [-0.05, 0) is 51.9 Å². The monoisotopic (exact) mass is 436 g/mol. The number of nitrogens with one attached hydrogen (secondary N) is 1. The number of Topliss-reactive ketones (excluding diaryl/α,β-unsaturated/α-hetero) is 1. The van der Waals surface area contributed by atoms with Crippen molar-refractivity contribution in [1.82, 2.24) is 10.2 Å². The summed E-state index contributed by atoms with van der Waals surface area (Å²) in [6, 6.07) is 0. The van der Waals surface area contributed by atoms with Crippen LogP contribution in [-0.2, 0) is 23.9 Å². The second-order valence-electron chi connectivity index (χ2n) is 10.6. The van der Waals surface area contributed by atoms with Gasteiger partial charge >= 0.3 is 0 Å². The topological polar surface area (TPSA) is 92.8 Å². The molecule has 0 bridgehead atoms. The highest BCUT2D eigenvalue weighted by atomic mass is 16.5. The predicted molar refractivity (Wildman–Crippen MR) is 118 cm³/mol. The molecule has 7 nitrogen and oxygen atoms in total. The van der Waals surface area contributed by atoms with Crippen LogP contribution in [0.3, 0.4) is 0 Å². The third-order valence-electron chi connectivity index (χ3n) is 6.62. The van der Waals surface area contributed by atoms with E-state index in [9.17, 15) is 19.2 Å². The van der Waals surface area contributed by atoms with Gasteiger partial charge in [0, 0.05) is 36.6 Å². The number of hydrogen-bond donors (Lipinski definition) is 1. The molecule has 1 aliphatic heterocycles. The number of hydrogen-bond acceptors (Lipinski definition) is 5. The zero-order valence-electron chi connectivity index (χ0n) is 20.1. The Morgan fingerprint density at radius 1 is 1.03 bits per heavy atom. The van der Waals surface area contributed by atoms with Gasteiger partial charge in [0.2, 0.25) is 17.7 Å². The van der Waals surface area contributed by atoms with Gasteiger partial charge in [-0.25, -0.2) is 0 Å². The molecule has 1 saturated carbocycles.